The number of nitrogens with one attached hydrogen (secondary N) is 3. The molecule has 0 fully saturated rings. The Morgan fingerprint density at radius 1 is 1.09 bits per heavy atom. The third-order valence-electron chi connectivity index (χ3n) is 4.60. The molecule has 8 nitrogen and oxygen atoms in total. The maximum absolute atomic E-state index is 13.0. The zero-order chi connectivity index (χ0) is 24.0. The standard InChI is InChI=1S/C23H24BrClN4O4/c1-14(2)33-11-5-10-26-22(31)23(32)28-29-19-9-8-16(24)12-15(19)13-20(29)21(30)27-18-7-4-3-6-17(18)25/h3-4,6-9,12-14H,5,10-11H2,1-2H3,(H,26,31)(H,27,30)(H,28,32). The van der Waals surface area contributed by atoms with Crippen molar-refractivity contribution in [3.05, 3.63) is 63.7 Å². The number of carbonyl (C=O) groups excluding carboxylic acids is 3. The fraction of sp³-hybridized carbons (Fsp3) is 0.261. The maximum Gasteiger partial charge on any atom is 0.328 e. The molecule has 174 valence electrons. The van der Waals surface area contributed by atoms with Gasteiger partial charge in [0.1, 0.15) is 5.69 Å². The van der Waals surface area contributed by atoms with Crippen molar-refractivity contribution in [2.45, 2.75) is 26.4 Å². The molecule has 0 saturated heterocycles. The van der Waals surface area contributed by atoms with Crippen LogP contribution < -0.4 is 16.1 Å². The molecule has 3 amide bonds. The van der Waals surface area contributed by atoms with E-state index in [1.165, 1.54) is 4.68 Å². The van der Waals surface area contributed by atoms with Gasteiger partial charge in [-0.25, -0.2) is 4.68 Å². The molecule has 2 aromatic carbocycles. The minimum absolute atomic E-state index is 0.0985. The highest BCUT2D eigenvalue weighted by molar-refractivity contribution is 9.10. The van der Waals surface area contributed by atoms with E-state index in [0.29, 0.717) is 34.6 Å². The van der Waals surface area contributed by atoms with E-state index in [-0.39, 0.29) is 18.3 Å². The lowest BCUT2D eigenvalue weighted by atomic mass is 10.2. The fourth-order valence-corrected chi connectivity index (χ4v) is 3.61. The molecule has 3 aromatic rings. The van der Waals surface area contributed by atoms with Gasteiger partial charge in [0, 0.05) is 23.0 Å². The second-order valence-electron chi connectivity index (χ2n) is 7.47. The monoisotopic (exact) mass is 534 g/mol. The Hall–Kier alpha value is -2.88. The second-order valence-corrected chi connectivity index (χ2v) is 8.79. The Morgan fingerprint density at radius 3 is 2.58 bits per heavy atom. The second kappa shape index (κ2) is 11.3. The summed E-state index contributed by atoms with van der Waals surface area (Å²) in [6.45, 7) is 4.61. The van der Waals surface area contributed by atoms with Crippen LogP contribution in [0.5, 0.6) is 0 Å². The van der Waals surface area contributed by atoms with Gasteiger partial charge in [0.05, 0.1) is 22.3 Å². The van der Waals surface area contributed by atoms with Gasteiger partial charge in [-0.15, -0.1) is 0 Å². The number of benzene rings is 2. The summed E-state index contributed by atoms with van der Waals surface area (Å²) in [4.78, 5) is 37.8. The van der Waals surface area contributed by atoms with Crippen molar-refractivity contribution in [1.82, 2.24) is 9.99 Å². The molecular formula is C23H24BrClN4O4. The van der Waals surface area contributed by atoms with Crippen molar-refractivity contribution >= 4 is 61.8 Å². The van der Waals surface area contributed by atoms with Gasteiger partial charge in [-0.3, -0.25) is 19.8 Å². The first-order valence-corrected chi connectivity index (χ1v) is 11.5. The molecule has 3 N–H and O–H groups in total. The summed E-state index contributed by atoms with van der Waals surface area (Å²) in [5.41, 5.74) is 3.63. The summed E-state index contributed by atoms with van der Waals surface area (Å²) in [5.74, 6) is -2.20. The van der Waals surface area contributed by atoms with E-state index in [9.17, 15) is 14.4 Å². The molecular weight excluding hydrogens is 512 g/mol. The van der Waals surface area contributed by atoms with Crippen LogP contribution in [-0.2, 0) is 14.3 Å². The molecule has 0 aliphatic heterocycles. The van der Waals surface area contributed by atoms with Gasteiger partial charge in [0.15, 0.2) is 0 Å². The smallest absolute Gasteiger partial charge is 0.328 e. The number of fused-ring (bicyclic) bond motifs is 1. The topological polar surface area (TPSA) is 101 Å². The number of hydrogen-bond donors (Lipinski definition) is 3. The molecule has 0 bridgehead atoms. The third-order valence-corrected chi connectivity index (χ3v) is 5.42. The number of hydrogen-bond acceptors (Lipinski definition) is 4. The first-order valence-electron chi connectivity index (χ1n) is 10.3. The molecule has 3 rings (SSSR count). The molecule has 0 radical (unpaired) electrons. The predicted molar refractivity (Wildman–Crippen MR) is 132 cm³/mol. The molecule has 0 aliphatic carbocycles. The van der Waals surface area contributed by atoms with Crippen LogP contribution in [-0.4, -0.2) is 41.7 Å². The number of aromatic nitrogens is 1. The van der Waals surface area contributed by atoms with Crippen LogP contribution in [0, 0.1) is 0 Å². The third kappa shape index (κ3) is 6.56. The van der Waals surface area contributed by atoms with Gasteiger partial charge in [0.2, 0.25) is 0 Å². The van der Waals surface area contributed by atoms with Crippen molar-refractivity contribution in [3.8, 4) is 0 Å². The van der Waals surface area contributed by atoms with Gasteiger partial charge in [-0.05, 0) is 56.7 Å². The number of anilines is 1. The minimum Gasteiger partial charge on any atom is -0.379 e. The van der Waals surface area contributed by atoms with Crippen molar-refractivity contribution in [1.29, 1.82) is 0 Å². The Labute approximate surface area is 204 Å². The van der Waals surface area contributed by atoms with Crippen LogP contribution in [0.15, 0.2) is 53.0 Å². The highest BCUT2D eigenvalue weighted by atomic mass is 79.9. The van der Waals surface area contributed by atoms with Gasteiger partial charge < -0.3 is 15.4 Å². The average molecular weight is 536 g/mol. The Balaban J connectivity index is 1.78. The van der Waals surface area contributed by atoms with Crippen LogP contribution in [0.2, 0.25) is 5.02 Å². The molecule has 0 saturated carbocycles. The van der Waals surface area contributed by atoms with Crippen molar-refractivity contribution < 1.29 is 19.1 Å². The number of carbonyl (C=O) groups is 3. The highest BCUT2D eigenvalue weighted by Gasteiger charge is 2.21. The summed E-state index contributed by atoms with van der Waals surface area (Å²) < 4.78 is 7.51. The number of rotatable bonds is 8. The summed E-state index contributed by atoms with van der Waals surface area (Å²) in [5, 5.41) is 6.36. The van der Waals surface area contributed by atoms with Crippen molar-refractivity contribution in [2.75, 3.05) is 23.9 Å². The maximum atomic E-state index is 13.0. The number of ether oxygens (including phenoxy) is 1. The van der Waals surface area contributed by atoms with Crippen LogP contribution in [0.4, 0.5) is 5.69 Å². The SMILES string of the molecule is CC(C)OCCCNC(=O)C(=O)Nn1c(C(=O)Nc2ccccc2Cl)cc2cc(Br)ccc21. The van der Waals surface area contributed by atoms with Crippen LogP contribution in [0.3, 0.4) is 0 Å². The van der Waals surface area contributed by atoms with Crippen LogP contribution in [0.1, 0.15) is 30.8 Å². The minimum atomic E-state index is -0.896. The predicted octanol–water partition coefficient (Wildman–Crippen LogP) is 4.31. The summed E-state index contributed by atoms with van der Waals surface area (Å²) in [7, 11) is 0. The lowest BCUT2D eigenvalue weighted by Gasteiger charge is -2.13. The Bertz CT molecular complexity index is 1180. The normalized spacial score (nSPS) is 10.9. The zero-order valence-corrected chi connectivity index (χ0v) is 20.5. The van der Waals surface area contributed by atoms with Crippen LogP contribution >= 0.6 is 27.5 Å². The Kier molecular flexibility index (Phi) is 8.49. The molecule has 0 atom stereocenters. The van der Waals surface area contributed by atoms with Gasteiger partial charge in [0.25, 0.3) is 5.91 Å². The van der Waals surface area contributed by atoms with E-state index in [4.69, 9.17) is 16.3 Å². The molecule has 10 heteroatoms. The van der Waals surface area contributed by atoms with E-state index in [1.54, 1.807) is 48.5 Å². The number of para-hydroxylation sites is 1. The first kappa shape index (κ1) is 24.8. The first-order chi connectivity index (χ1) is 15.8. The van der Waals surface area contributed by atoms with E-state index in [2.05, 4.69) is 32.0 Å². The molecule has 0 unspecified atom stereocenters. The summed E-state index contributed by atoms with van der Waals surface area (Å²) >= 11 is 9.55. The summed E-state index contributed by atoms with van der Waals surface area (Å²) in [6, 6.07) is 13.7. The van der Waals surface area contributed by atoms with E-state index < -0.39 is 17.7 Å². The average Bonchev–Trinajstić information content (AvgIpc) is 3.12. The van der Waals surface area contributed by atoms with Gasteiger partial charge in [-0.2, -0.15) is 0 Å². The quantitative estimate of drug-likeness (QED) is 0.295. The van der Waals surface area contributed by atoms with Crippen molar-refractivity contribution in [3.63, 3.8) is 0 Å². The number of amides is 3. The van der Waals surface area contributed by atoms with Crippen LogP contribution in [0.25, 0.3) is 10.9 Å². The summed E-state index contributed by atoms with van der Waals surface area (Å²) in [6.07, 6.45) is 0.671. The van der Waals surface area contributed by atoms with Gasteiger partial charge >= 0.3 is 11.8 Å². The molecule has 0 spiro atoms. The molecule has 1 heterocycles. The number of nitrogens with zero attached hydrogens (tertiary/aromatic N) is 1. The largest absolute Gasteiger partial charge is 0.379 e. The van der Waals surface area contributed by atoms with E-state index >= 15 is 0 Å². The highest BCUT2D eigenvalue weighted by Crippen LogP contribution is 2.25. The lowest BCUT2D eigenvalue weighted by molar-refractivity contribution is -0.136. The fourth-order valence-electron chi connectivity index (χ4n) is 3.05. The lowest BCUT2D eigenvalue weighted by Crippen LogP contribution is -2.40. The van der Waals surface area contributed by atoms with Crippen molar-refractivity contribution in [2.24, 2.45) is 0 Å². The molecule has 33 heavy (non-hydrogen) atoms. The Morgan fingerprint density at radius 2 is 1.85 bits per heavy atom. The molecule has 1 aromatic heterocycles. The number of halogens is 2. The van der Waals surface area contributed by atoms with E-state index in [0.717, 1.165) is 4.47 Å². The van der Waals surface area contributed by atoms with Gasteiger partial charge in [-0.1, -0.05) is 39.7 Å². The zero-order valence-electron chi connectivity index (χ0n) is 18.2. The molecule has 0 aliphatic rings. The van der Waals surface area contributed by atoms with E-state index in [1.807, 2.05) is 13.8 Å².